The van der Waals surface area contributed by atoms with E-state index in [1.54, 1.807) is 0 Å². The molecule has 3 nitrogen and oxygen atoms in total. The van der Waals surface area contributed by atoms with Gasteiger partial charge in [-0.05, 0) is 53.8 Å². The van der Waals surface area contributed by atoms with Crippen molar-refractivity contribution in [2.75, 3.05) is 13.1 Å². The van der Waals surface area contributed by atoms with Gasteiger partial charge in [-0.1, -0.05) is 0 Å². The summed E-state index contributed by atoms with van der Waals surface area (Å²) in [7, 11) is 0. The molecule has 116 valence electrons. The van der Waals surface area contributed by atoms with Gasteiger partial charge in [-0.15, -0.1) is 22.7 Å². The van der Waals surface area contributed by atoms with Crippen LogP contribution in [0.3, 0.4) is 0 Å². The van der Waals surface area contributed by atoms with Gasteiger partial charge >= 0.3 is 0 Å². The molecule has 4 rings (SSSR count). The number of rotatable bonds is 2. The molecule has 0 spiro atoms. The van der Waals surface area contributed by atoms with Crippen LogP contribution in [0.25, 0.3) is 0 Å². The largest absolute Gasteiger partial charge is 0.337 e. The Balaban J connectivity index is 1.45. The lowest BCUT2D eigenvalue weighted by Crippen LogP contribution is -2.49. The van der Waals surface area contributed by atoms with Crippen molar-refractivity contribution >= 4 is 28.6 Å². The maximum atomic E-state index is 12.9. The third-order valence-electron chi connectivity index (χ3n) is 4.86. The fourth-order valence-electron chi connectivity index (χ4n) is 3.46. The maximum absolute atomic E-state index is 12.9. The number of carbonyl (C=O) groups is 1. The van der Waals surface area contributed by atoms with Gasteiger partial charge in [0.15, 0.2) is 0 Å². The first-order chi connectivity index (χ1) is 10.7. The molecule has 0 aromatic carbocycles. The Labute approximate surface area is 139 Å². The Morgan fingerprint density at radius 2 is 1.68 bits per heavy atom. The molecule has 0 saturated carbocycles. The number of nitrogens with zero attached hydrogens (tertiary/aromatic N) is 2. The number of thiophene rings is 2. The van der Waals surface area contributed by atoms with Crippen molar-refractivity contribution in [2.24, 2.45) is 0 Å². The third-order valence-corrected chi connectivity index (χ3v) is 6.91. The summed E-state index contributed by atoms with van der Waals surface area (Å²) in [4.78, 5) is 20.2. The molecule has 2 aliphatic heterocycles. The minimum absolute atomic E-state index is 0.0202. The van der Waals surface area contributed by atoms with E-state index in [-0.39, 0.29) is 11.9 Å². The van der Waals surface area contributed by atoms with Gasteiger partial charge in [0, 0.05) is 35.9 Å². The lowest BCUT2D eigenvalue weighted by Gasteiger charge is -2.36. The second-order valence-electron chi connectivity index (χ2n) is 6.14. The van der Waals surface area contributed by atoms with Crippen LogP contribution in [0.4, 0.5) is 0 Å². The molecule has 5 heteroatoms. The standard InChI is InChI=1S/C17H20N2OS2/c1-12(18-6-2-15-13(10-18)4-8-21-15)17(20)19-7-3-16-14(11-19)5-9-22-16/h4-5,8-9,12H,2-3,6-7,10-11H2,1H3. The molecule has 1 unspecified atom stereocenters. The Hall–Kier alpha value is -1.17. The molecule has 0 N–H and O–H groups in total. The molecule has 1 amide bonds. The van der Waals surface area contributed by atoms with Crippen molar-refractivity contribution in [3.63, 3.8) is 0 Å². The molecular formula is C17H20N2OS2. The topological polar surface area (TPSA) is 23.6 Å². The van der Waals surface area contributed by atoms with E-state index in [9.17, 15) is 4.79 Å². The molecule has 0 radical (unpaired) electrons. The first kappa shape index (κ1) is 14.4. The highest BCUT2D eigenvalue weighted by Crippen LogP contribution is 2.27. The molecule has 2 aromatic rings. The summed E-state index contributed by atoms with van der Waals surface area (Å²) in [6, 6.07) is 4.36. The van der Waals surface area contributed by atoms with Crippen molar-refractivity contribution in [3.05, 3.63) is 43.8 Å². The van der Waals surface area contributed by atoms with Gasteiger partial charge in [-0.2, -0.15) is 0 Å². The van der Waals surface area contributed by atoms with Crippen LogP contribution >= 0.6 is 22.7 Å². The van der Waals surface area contributed by atoms with E-state index in [0.29, 0.717) is 0 Å². The lowest BCUT2D eigenvalue weighted by atomic mass is 10.1. The lowest BCUT2D eigenvalue weighted by molar-refractivity contribution is -0.137. The molecule has 1 atom stereocenters. The van der Waals surface area contributed by atoms with Crippen LogP contribution in [0.1, 0.15) is 27.8 Å². The van der Waals surface area contributed by atoms with Crippen LogP contribution in [0, 0.1) is 0 Å². The van der Waals surface area contributed by atoms with Crippen LogP contribution in [0.2, 0.25) is 0 Å². The molecule has 0 saturated heterocycles. The zero-order chi connectivity index (χ0) is 15.1. The summed E-state index contributed by atoms with van der Waals surface area (Å²) >= 11 is 3.67. The first-order valence-electron chi connectivity index (χ1n) is 7.85. The zero-order valence-electron chi connectivity index (χ0n) is 12.7. The van der Waals surface area contributed by atoms with Crippen molar-refractivity contribution < 1.29 is 4.79 Å². The average molecular weight is 332 g/mol. The van der Waals surface area contributed by atoms with Crippen LogP contribution in [-0.2, 0) is 30.7 Å². The van der Waals surface area contributed by atoms with E-state index in [1.807, 2.05) is 27.6 Å². The van der Waals surface area contributed by atoms with E-state index >= 15 is 0 Å². The summed E-state index contributed by atoms with van der Waals surface area (Å²) in [5, 5.41) is 4.31. The quantitative estimate of drug-likeness (QED) is 0.843. The highest BCUT2D eigenvalue weighted by Gasteiger charge is 2.30. The van der Waals surface area contributed by atoms with Crippen molar-refractivity contribution in [1.82, 2.24) is 9.80 Å². The molecule has 0 fully saturated rings. The van der Waals surface area contributed by atoms with Crippen molar-refractivity contribution in [2.45, 2.75) is 38.9 Å². The van der Waals surface area contributed by atoms with E-state index in [2.05, 4.69) is 34.7 Å². The van der Waals surface area contributed by atoms with E-state index < -0.39 is 0 Å². The second kappa shape index (κ2) is 5.80. The van der Waals surface area contributed by atoms with Gasteiger partial charge in [-0.25, -0.2) is 0 Å². The molecule has 2 aromatic heterocycles. The number of carbonyl (C=O) groups excluding carboxylic acids is 1. The summed E-state index contributed by atoms with van der Waals surface area (Å²) in [5.41, 5.74) is 2.75. The molecule has 22 heavy (non-hydrogen) atoms. The summed E-state index contributed by atoms with van der Waals surface area (Å²) < 4.78 is 0. The Morgan fingerprint density at radius 3 is 2.41 bits per heavy atom. The van der Waals surface area contributed by atoms with Gasteiger partial charge in [0.25, 0.3) is 0 Å². The molecular weight excluding hydrogens is 312 g/mol. The maximum Gasteiger partial charge on any atom is 0.239 e. The van der Waals surface area contributed by atoms with Crippen molar-refractivity contribution in [1.29, 1.82) is 0 Å². The minimum atomic E-state index is -0.0202. The fraction of sp³-hybridized carbons (Fsp3) is 0.471. The fourth-order valence-corrected chi connectivity index (χ4v) is 5.24. The van der Waals surface area contributed by atoms with Gasteiger partial charge in [0.2, 0.25) is 5.91 Å². The Kier molecular flexibility index (Phi) is 3.80. The van der Waals surface area contributed by atoms with E-state index in [0.717, 1.165) is 39.0 Å². The summed E-state index contributed by atoms with van der Waals surface area (Å²) in [5.74, 6) is 0.288. The molecule has 4 heterocycles. The van der Waals surface area contributed by atoms with E-state index in [1.165, 1.54) is 20.9 Å². The first-order valence-corrected chi connectivity index (χ1v) is 9.61. The van der Waals surface area contributed by atoms with Gasteiger partial charge < -0.3 is 4.90 Å². The van der Waals surface area contributed by atoms with Crippen molar-refractivity contribution in [3.8, 4) is 0 Å². The summed E-state index contributed by atoms with van der Waals surface area (Å²) in [6.07, 6.45) is 2.10. The number of hydrogen-bond acceptors (Lipinski definition) is 4. The SMILES string of the molecule is CC(C(=O)N1CCc2sccc2C1)N1CCc2sccc2C1. The van der Waals surface area contributed by atoms with Crippen LogP contribution in [0.5, 0.6) is 0 Å². The predicted molar refractivity (Wildman–Crippen MR) is 91.3 cm³/mol. The van der Waals surface area contributed by atoms with E-state index in [4.69, 9.17) is 0 Å². The van der Waals surface area contributed by atoms with Gasteiger partial charge in [0.05, 0.1) is 6.04 Å². The monoisotopic (exact) mass is 332 g/mol. The number of amides is 1. The van der Waals surface area contributed by atoms with Gasteiger partial charge in [0.1, 0.15) is 0 Å². The third kappa shape index (κ3) is 2.51. The predicted octanol–water partition coefficient (Wildman–Crippen LogP) is 3.14. The Morgan fingerprint density at radius 1 is 1.05 bits per heavy atom. The molecule has 0 bridgehead atoms. The van der Waals surface area contributed by atoms with Crippen LogP contribution in [0.15, 0.2) is 22.9 Å². The zero-order valence-corrected chi connectivity index (χ0v) is 14.4. The Bertz CT molecular complexity index is 690. The average Bonchev–Trinajstić information content (AvgIpc) is 3.20. The second-order valence-corrected chi connectivity index (χ2v) is 8.15. The summed E-state index contributed by atoms with van der Waals surface area (Å²) in [6.45, 7) is 5.65. The normalized spacial score (nSPS) is 19.6. The molecule has 0 aliphatic carbocycles. The minimum Gasteiger partial charge on any atom is -0.337 e. The number of fused-ring (bicyclic) bond motifs is 2. The van der Waals surface area contributed by atoms with Crippen LogP contribution < -0.4 is 0 Å². The molecule has 2 aliphatic rings. The van der Waals surface area contributed by atoms with Crippen LogP contribution in [-0.4, -0.2) is 34.8 Å². The smallest absolute Gasteiger partial charge is 0.239 e. The number of hydrogen-bond donors (Lipinski definition) is 0. The van der Waals surface area contributed by atoms with Gasteiger partial charge in [-0.3, -0.25) is 9.69 Å². The highest BCUT2D eigenvalue weighted by atomic mass is 32.1. The highest BCUT2D eigenvalue weighted by molar-refractivity contribution is 7.10.